The van der Waals surface area contributed by atoms with Crippen molar-refractivity contribution in [2.45, 2.75) is 36.8 Å². The standard InChI is InChI=1S/C18H21ClFN3OS2.CH2O2/c1-2-25-16-10-21-17(26-16)22-18(24)23(11-12-5-3-4-6-12)15-8-7-13(19)9-14(15)20;2-1-3/h7-10,12H,2-6,11H2,1H3,(H,21,22,24);1H,(H,2,3). The molecule has 0 radical (unpaired) electrons. The SMILES string of the molecule is CCSc1cnc(NC(=O)N(CC2CCCC2)c2ccc(Cl)cc2F)s1.O=CO. The summed E-state index contributed by atoms with van der Waals surface area (Å²) in [5.41, 5.74) is 0.249. The van der Waals surface area contributed by atoms with Crippen LogP contribution in [0.4, 0.5) is 20.0 Å². The quantitative estimate of drug-likeness (QED) is 0.410. The first-order valence-corrected chi connectivity index (χ1v) is 11.4. The van der Waals surface area contributed by atoms with Gasteiger partial charge in [0.05, 0.1) is 16.1 Å². The maximum atomic E-state index is 14.5. The van der Waals surface area contributed by atoms with Gasteiger partial charge >= 0.3 is 6.03 Å². The minimum absolute atomic E-state index is 0.249. The molecule has 2 aromatic rings. The number of hydrogen-bond acceptors (Lipinski definition) is 5. The van der Waals surface area contributed by atoms with Gasteiger partial charge in [0.25, 0.3) is 6.47 Å². The number of thioether (sulfide) groups is 1. The minimum Gasteiger partial charge on any atom is -0.483 e. The lowest BCUT2D eigenvalue weighted by Gasteiger charge is -2.26. The molecule has 0 saturated heterocycles. The Labute approximate surface area is 182 Å². The van der Waals surface area contributed by atoms with Crippen molar-refractivity contribution in [2.24, 2.45) is 5.92 Å². The number of benzene rings is 1. The summed E-state index contributed by atoms with van der Waals surface area (Å²) >= 11 is 8.96. The van der Waals surface area contributed by atoms with Crippen molar-refractivity contribution < 1.29 is 19.1 Å². The summed E-state index contributed by atoms with van der Waals surface area (Å²) in [6.45, 7) is 2.31. The van der Waals surface area contributed by atoms with Crippen molar-refractivity contribution in [3.05, 3.63) is 35.2 Å². The molecule has 0 atom stereocenters. The fourth-order valence-electron chi connectivity index (χ4n) is 3.13. The van der Waals surface area contributed by atoms with Gasteiger partial charge in [-0.25, -0.2) is 14.2 Å². The topological polar surface area (TPSA) is 82.5 Å². The largest absolute Gasteiger partial charge is 0.483 e. The number of carbonyl (C=O) groups excluding carboxylic acids is 1. The summed E-state index contributed by atoms with van der Waals surface area (Å²) < 4.78 is 15.5. The molecule has 0 bridgehead atoms. The molecule has 0 unspecified atom stereocenters. The molecule has 29 heavy (non-hydrogen) atoms. The van der Waals surface area contributed by atoms with Crippen LogP contribution < -0.4 is 10.2 Å². The lowest BCUT2D eigenvalue weighted by atomic mass is 10.1. The highest BCUT2D eigenvalue weighted by molar-refractivity contribution is 8.01. The first kappa shape index (κ1) is 23.4. The number of thiazole rings is 1. The Morgan fingerprint density at radius 2 is 2.17 bits per heavy atom. The lowest BCUT2D eigenvalue weighted by Crippen LogP contribution is -2.38. The number of halogens is 2. The maximum Gasteiger partial charge on any atom is 0.328 e. The van der Waals surface area contributed by atoms with Crippen LogP contribution in [0.3, 0.4) is 0 Å². The number of amides is 2. The number of anilines is 2. The van der Waals surface area contributed by atoms with E-state index in [1.807, 2.05) is 0 Å². The number of carbonyl (C=O) groups is 2. The van der Waals surface area contributed by atoms with E-state index < -0.39 is 5.82 Å². The van der Waals surface area contributed by atoms with Crippen molar-refractivity contribution >= 4 is 58.0 Å². The van der Waals surface area contributed by atoms with Gasteiger partial charge in [-0.1, -0.05) is 42.7 Å². The Balaban J connectivity index is 0.000000941. The van der Waals surface area contributed by atoms with Gasteiger partial charge in [-0.05, 0) is 42.7 Å². The predicted molar refractivity (Wildman–Crippen MR) is 117 cm³/mol. The molecule has 10 heteroatoms. The van der Waals surface area contributed by atoms with Gasteiger partial charge in [-0.3, -0.25) is 15.0 Å². The highest BCUT2D eigenvalue weighted by atomic mass is 35.5. The Hall–Kier alpha value is -1.84. The molecule has 6 nitrogen and oxygen atoms in total. The van der Waals surface area contributed by atoms with Gasteiger partial charge in [-0.15, -0.1) is 11.8 Å². The molecule has 1 aliphatic rings. The highest BCUT2D eigenvalue weighted by Crippen LogP contribution is 2.31. The fourth-order valence-corrected chi connectivity index (χ4v) is 5.06. The molecule has 2 amide bonds. The van der Waals surface area contributed by atoms with E-state index in [1.165, 1.54) is 22.3 Å². The molecule has 1 aromatic carbocycles. The summed E-state index contributed by atoms with van der Waals surface area (Å²) in [7, 11) is 0. The second-order valence-corrected chi connectivity index (χ2v) is 9.34. The number of aromatic nitrogens is 1. The molecule has 1 saturated carbocycles. The van der Waals surface area contributed by atoms with Gasteiger partial charge < -0.3 is 5.11 Å². The van der Waals surface area contributed by atoms with Gasteiger partial charge in [0, 0.05) is 11.6 Å². The first-order chi connectivity index (χ1) is 14.0. The first-order valence-electron chi connectivity index (χ1n) is 9.18. The highest BCUT2D eigenvalue weighted by Gasteiger charge is 2.26. The van der Waals surface area contributed by atoms with Crippen LogP contribution in [0.25, 0.3) is 0 Å². The number of rotatable bonds is 6. The van der Waals surface area contributed by atoms with Crippen molar-refractivity contribution in [1.82, 2.24) is 4.98 Å². The number of nitrogens with zero attached hydrogens (tertiary/aromatic N) is 2. The number of nitrogens with one attached hydrogen (secondary N) is 1. The van der Waals surface area contributed by atoms with Crippen LogP contribution in [0.2, 0.25) is 5.02 Å². The second kappa shape index (κ2) is 12.0. The summed E-state index contributed by atoms with van der Waals surface area (Å²) in [4.78, 5) is 27.0. The monoisotopic (exact) mass is 459 g/mol. The Morgan fingerprint density at radius 3 is 2.79 bits per heavy atom. The number of hydrogen-bond donors (Lipinski definition) is 2. The molecule has 1 heterocycles. The zero-order valence-corrected chi connectivity index (χ0v) is 18.3. The van der Waals surface area contributed by atoms with Crippen LogP contribution in [0.15, 0.2) is 28.6 Å². The zero-order valence-electron chi connectivity index (χ0n) is 15.9. The van der Waals surface area contributed by atoms with Crippen molar-refractivity contribution in [1.29, 1.82) is 0 Å². The molecule has 1 aliphatic carbocycles. The van der Waals surface area contributed by atoms with E-state index in [-0.39, 0.29) is 18.2 Å². The average molecular weight is 460 g/mol. The van der Waals surface area contributed by atoms with Crippen molar-refractivity contribution in [3.63, 3.8) is 0 Å². The van der Waals surface area contributed by atoms with E-state index in [0.29, 0.717) is 22.6 Å². The predicted octanol–water partition coefficient (Wildman–Crippen LogP) is 5.98. The molecular weight excluding hydrogens is 437 g/mol. The average Bonchev–Trinajstić information content (AvgIpc) is 3.33. The molecule has 1 aromatic heterocycles. The van der Waals surface area contributed by atoms with E-state index in [9.17, 15) is 9.18 Å². The molecule has 1 fully saturated rings. The van der Waals surface area contributed by atoms with Crippen LogP contribution in [0.5, 0.6) is 0 Å². The Kier molecular flexibility index (Phi) is 9.69. The minimum atomic E-state index is -0.494. The third kappa shape index (κ3) is 7.17. The Morgan fingerprint density at radius 1 is 1.48 bits per heavy atom. The van der Waals surface area contributed by atoms with E-state index in [4.69, 9.17) is 21.5 Å². The lowest BCUT2D eigenvalue weighted by molar-refractivity contribution is -0.122. The van der Waals surface area contributed by atoms with Crippen LogP contribution in [-0.2, 0) is 4.79 Å². The normalized spacial score (nSPS) is 13.5. The van der Waals surface area contributed by atoms with E-state index >= 15 is 0 Å². The number of urea groups is 1. The fraction of sp³-hybridized carbons (Fsp3) is 0.421. The van der Waals surface area contributed by atoms with Crippen LogP contribution in [0.1, 0.15) is 32.6 Å². The van der Waals surface area contributed by atoms with Gasteiger partial charge in [0.2, 0.25) is 0 Å². The Bertz CT molecular complexity index is 816. The molecule has 158 valence electrons. The summed E-state index contributed by atoms with van der Waals surface area (Å²) in [6.07, 6.45) is 6.19. The second-order valence-electron chi connectivity index (χ2n) is 6.31. The molecule has 3 rings (SSSR count). The molecular formula is C19H23ClFN3O3S2. The van der Waals surface area contributed by atoms with Gasteiger partial charge in [-0.2, -0.15) is 0 Å². The van der Waals surface area contributed by atoms with Crippen LogP contribution >= 0.6 is 34.7 Å². The summed E-state index contributed by atoms with van der Waals surface area (Å²) in [5, 5.41) is 10.5. The molecule has 2 N–H and O–H groups in total. The van der Waals surface area contributed by atoms with Gasteiger partial charge in [0.15, 0.2) is 5.13 Å². The molecule has 0 spiro atoms. The summed E-state index contributed by atoms with van der Waals surface area (Å²) in [6, 6.07) is 4.05. The van der Waals surface area contributed by atoms with E-state index in [1.54, 1.807) is 30.1 Å². The van der Waals surface area contributed by atoms with E-state index in [2.05, 4.69) is 17.2 Å². The van der Waals surface area contributed by atoms with Crippen LogP contribution in [-0.4, -0.2) is 34.9 Å². The van der Waals surface area contributed by atoms with Crippen LogP contribution in [0, 0.1) is 11.7 Å². The third-order valence-electron chi connectivity index (χ3n) is 4.35. The third-order valence-corrected chi connectivity index (χ3v) is 6.57. The van der Waals surface area contributed by atoms with Crippen molar-refractivity contribution in [3.8, 4) is 0 Å². The van der Waals surface area contributed by atoms with Crippen molar-refractivity contribution in [2.75, 3.05) is 22.5 Å². The molecule has 0 aliphatic heterocycles. The maximum absolute atomic E-state index is 14.5. The smallest absolute Gasteiger partial charge is 0.328 e. The number of carboxylic acid groups (broad SMARTS) is 1. The zero-order chi connectivity index (χ0) is 21.2. The van der Waals surface area contributed by atoms with E-state index in [0.717, 1.165) is 35.6 Å². The summed E-state index contributed by atoms with van der Waals surface area (Å²) in [5.74, 6) is 0.838. The van der Waals surface area contributed by atoms with Gasteiger partial charge in [0.1, 0.15) is 5.82 Å².